The lowest BCUT2D eigenvalue weighted by Gasteiger charge is -2.08. The van der Waals surface area contributed by atoms with E-state index in [4.69, 9.17) is 5.73 Å². The molecule has 1 rings (SSSR count). The summed E-state index contributed by atoms with van der Waals surface area (Å²) in [5.74, 6) is 0. The van der Waals surface area contributed by atoms with E-state index < -0.39 is 0 Å². The zero-order chi connectivity index (χ0) is 9.23. The Hall–Kier alpha value is -0.150. The Bertz CT molecular complexity index is 99.6. The molecule has 1 aliphatic heterocycles. The number of nitrogens with one attached hydrogen (secondary N) is 1. The van der Waals surface area contributed by atoms with Gasteiger partial charge in [0, 0.05) is 0 Å². The lowest BCUT2D eigenvalue weighted by atomic mass is 10.2. The molecule has 0 radical (unpaired) electrons. The first-order chi connectivity index (χ1) is 5.77. The van der Waals surface area contributed by atoms with Crippen LogP contribution in [0.1, 0.15) is 39.0 Å². The Morgan fingerprint density at radius 3 is 2.00 bits per heavy atom. The van der Waals surface area contributed by atoms with E-state index in [2.05, 4.69) is 24.5 Å². The first-order valence-electron chi connectivity index (χ1n) is 4.76. The zero-order valence-electron chi connectivity index (χ0n) is 7.94. The summed E-state index contributed by atoms with van der Waals surface area (Å²) in [6.45, 7) is 4.55. The summed E-state index contributed by atoms with van der Waals surface area (Å²) in [5, 5.41) is 3.28. The normalized spacial score (nSPS) is 16.1. The van der Waals surface area contributed by atoms with Gasteiger partial charge in [0.2, 0.25) is 0 Å². The largest absolute Gasteiger partial charge is 0.393 e. The monoisotopic (exact) mass is 188 g/mol. The fraction of sp³-hybridized carbons (Fsp3) is 0.889. The second-order valence-electron chi connectivity index (χ2n) is 3.03. The maximum Gasteiger partial charge on any atom is 0.0727 e. The van der Waals surface area contributed by atoms with Crippen LogP contribution in [0.3, 0.4) is 0 Å². The summed E-state index contributed by atoms with van der Waals surface area (Å²) >= 11 is 4.57. The molecular formula is C9H20N2S. The minimum atomic E-state index is 0.623. The van der Waals surface area contributed by atoms with Crippen molar-refractivity contribution in [3.8, 4) is 0 Å². The molecular weight excluding hydrogens is 168 g/mol. The van der Waals surface area contributed by atoms with Gasteiger partial charge >= 0.3 is 0 Å². The van der Waals surface area contributed by atoms with Gasteiger partial charge < -0.3 is 11.1 Å². The molecule has 3 heteroatoms. The van der Waals surface area contributed by atoms with Crippen molar-refractivity contribution in [3.63, 3.8) is 0 Å². The summed E-state index contributed by atoms with van der Waals surface area (Å²) in [6.07, 6.45) is 6.16. The van der Waals surface area contributed by atoms with Crippen molar-refractivity contribution in [2.75, 3.05) is 13.1 Å². The van der Waals surface area contributed by atoms with Gasteiger partial charge in [-0.1, -0.05) is 25.6 Å². The SMILES string of the molecule is C1CCNCC1.CCCC(N)=S. The maximum absolute atomic E-state index is 5.13. The average molecular weight is 188 g/mol. The molecule has 1 heterocycles. The Balaban J connectivity index is 0.000000202. The molecule has 0 aliphatic carbocycles. The molecule has 0 bridgehead atoms. The van der Waals surface area contributed by atoms with Crippen LogP contribution in [-0.2, 0) is 0 Å². The summed E-state index contributed by atoms with van der Waals surface area (Å²) in [6, 6.07) is 0. The quantitative estimate of drug-likeness (QED) is 0.649. The van der Waals surface area contributed by atoms with Crippen molar-refractivity contribution in [1.82, 2.24) is 5.32 Å². The van der Waals surface area contributed by atoms with Crippen LogP contribution in [0.25, 0.3) is 0 Å². The zero-order valence-corrected chi connectivity index (χ0v) is 8.75. The fourth-order valence-electron chi connectivity index (χ4n) is 1.05. The molecule has 0 aromatic rings. The standard InChI is InChI=1S/C5H11N.C4H9NS/c1-2-4-6-5-3-1;1-2-3-4(5)6/h6H,1-5H2;2-3H2,1H3,(H2,5,6). The van der Waals surface area contributed by atoms with Crippen molar-refractivity contribution in [2.24, 2.45) is 5.73 Å². The van der Waals surface area contributed by atoms with Crippen LogP contribution < -0.4 is 11.1 Å². The van der Waals surface area contributed by atoms with E-state index >= 15 is 0 Å². The number of hydrogen-bond acceptors (Lipinski definition) is 2. The second-order valence-corrected chi connectivity index (χ2v) is 3.55. The number of nitrogens with two attached hydrogens (primary N) is 1. The van der Waals surface area contributed by atoms with Crippen molar-refractivity contribution in [2.45, 2.75) is 39.0 Å². The predicted octanol–water partition coefficient (Wildman–Crippen LogP) is 1.83. The molecule has 12 heavy (non-hydrogen) atoms. The van der Waals surface area contributed by atoms with Gasteiger partial charge in [0.1, 0.15) is 0 Å². The molecule has 1 saturated heterocycles. The lowest BCUT2D eigenvalue weighted by molar-refractivity contribution is 0.520. The van der Waals surface area contributed by atoms with Gasteiger partial charge in [0.05, 0.1) is 4.99 Å². The number of hydrogen-bond donors (Lipinski definition) is 2. The van der Waals surface area contributed by atoms with Crippen LogP contribution >= 0.6 is 12.2 Å². The van der Waals surface area contributed by atoms with Crippen molar-refractivity contribution in [3.05, 3.63) is 0 Å². The van der Waals surface area contributed by atoms with E-state index in [9.17, 15) is 0 Å². The number of piperidine rings is 1. The smallest absolute Gasteiger partial charge is 0.0727 e. The van der Waals surface area contributed by atoms with Crippen molar-refractivity contribution >= 4 is 17.2 Å². The molecule has 0 spiro atoms. The van der Waals surface area contributed by atoms with Gasteiger partial charge in [-0.25, -0.2) is 0 Å². The molecule has 0 aromatic carbocycles. The Kier molecular flexibility index (Phi) is 8.83. The minimum absolute atomic E-state index is 0.623. The number of thiocarbonyl (C=S) groups is 1. The van der Waals surface area contributed by atoms with Gasteiger partial charge in [-0.2, -0.15) is 0 Å². The van der Waals surface area contributed by atoms with Crippen LogP contribution in [0, 0.1) is 0 Å². The van der Waals surface area contributed by atoms with E-state index in [1.165, 1.54) is 32.4 Å². The van der Waals surface area contributed by atoms with Crippen LogP contribution in [0.2, 0.25) is 0 Å². The Morgan fingerprint density at radius 2 is 1.92 bits per heavy atom. The van der Waals surface area contributed by atoms with Gasteiger partial charge in [0.25, 0.3) is 0 Å². The van der Waals surface area contributed by atoms with Gasteiger partial charge in [-0.15, -0.1) is 0 Å². The third-order valence-corrected chi connectivity index (χ3v) is 1.91. The van der Waals surface area contributed by atoms with Gasteiger partial charge in [0.15, 0.2) is 0 Å². The Morgan fingerprint density at radius 1 is 1.33 bits per heavy atom. The molecule has 72 valence electrons. The molecule has 2 nitrogen and oxygen atoms in total. The first-order valence-corrected chi connectivity index (χ1v) is 5.17. The van der Waals surface area contributed by atoms with Crippen LogP contribution in [0.15, 0.2) is 0 Å². The highest BCUT2D eigenvalue weighted by Gasteiger charge is 1.93. The molecule has 0 saturated carbocycles. The van der Waals surface area contributed by atoms with E-state index in [0.717, 1.165) is 12.8 Å². The van der Waals surface area contributed by atoms with Crippen molar-refractivity contribution < 1.29 is 0 Å². The summed E-state index contributed by atoms with van der Waals surface area (Å²) in [5.41, 5.74) is 5.13. The fourth-order valence-corrected chi connectivity index (χ4v) is 1.25. The Labute approximate surface area is 80.9 Å². The maximum atomic E-state index is 5.13. The van der Waals surface area contributed by atoms with Crippen molar-refractivity contribution in [1.29, 1.82) is 0 Å². The predicted molar refractivity (Wildman–Crippen MR) is 58.4 cm³/mol. The van der Waals surface area contributed by atoms with E-state index in [-0.39, 0.29) is 0 Å². The summed E-state index contributed by atoms with van der Waals surface area (Å²) < 4.78 is 0. The van der Waals surface area contributed by atoms with Crippen LogP contribution in [0.4, 0.5) is 0 Å². The third-order valence-electron chi connectivity index (χ3n) is 1.70. The highest BCUT2D eigenvalue weighted by molar-refractivity contribution is 7.80. The molecule has 1 aliphatic rings. The van der Waals surface area contributed by atoms with E-state index in [1.54, 1.807) is 0 Å². The first kappa shape index (κ1) is 11.8. The second kappa shape index (κ2) is 8.94. The molecule has 0 aromatic heterocycles. The number of rotatable bonds is 2. The highest BCUT2D eigenvalue weighted by atomic mass is 32.1. The van der Waals surface area contributed by atoms with E-state index in [1.807, 2.05) is 0 Å². The minimum Gasteiger partial charge on any atom is -0.393 e. The third kappa shape index (κ3) is 9.85. The molecule has 0 atom stereocenters. The molecule has 0 unspecified atom stereocenters. The molecule has 0 amide bonds. The van der Waals surface area contributed by atoms with Crippen LogP contribution in [0.5, 0.6) is 0 Å². The average Bonchev–Trinajstić information content (AvgIpc) is 2.08. The van der Waals surface area contributed by atoms with Crippen LogP contribution in [-0.4, -0.2) is 18.1 Å². The summed E-state index contributed by atoms with van der Waals surface area (Å²) in [4.78, 5) is 0.623. The topological polar surface area (TPSA) is 38.0 Å². The lowest BCUT2D eigenvalue weighted by Crippen LogP contribution is -2.21. The van der Waals surface area contributed by atoms with E-state index in [0.29, 0.717) is 4.99 Å². The molecule has 3 N–H and O–H groups in total. The van der Waals surface area contributed by atoms with Gasteiger partial charge in [-0.3, -0.25) is 0 Å². The van der Waals surface area contributed by atoms with Gasteiger partial charge in [-0.05, 0) is 38.8 Å². The summed E-state index contributed by atoms with van der Waals surface area (Å²) in [7, 11) is 0. The molecule has 1 fully saturated rings. The highest BCUT2D eigenvalue weighted by Crippen LogP contribution is 1.96.